The first-order valence-electron chi connectivity index (χ1n) is 10.3. The summed E-state index contributed by atoms with van der Waals surface area (Å²) < 4.78 is 5.69. The molecule has 1 aliphatic rings. The van der Waals surface area contributed by atoms with Crippen LogP contribution in [0.1, 0.15) is 17.5 Å². The molecule has 34 heavy (non-hydrogen) atoms. The molecular weight excluding hydrogens is 549 g/mol. The summed E-state index contributed by atoms with van der Waals surface area (Å²) in [6, 6.07) is 13.7. The van der Waals surface area contributed by atoms with E-state index in [9.17, 15) is 4.79 Å². The molecule has 176 valence electrons. The van der Waals surface area contributed by atoms with Gasteiger partial charge in [0.2, 0.25) is 0 Å². The highest BCUT2D eigenvalue weighted by Crippen LogP contribution is 2.46. The third kappa shape index (κ3) is 4.70. The van der Waals surface area contributed by atoms with E-state index in [-0.39, 0.29) is 18.0 Å². The van der Waals surface area contributed by atoms with Crippen LogP contribution >= 0.6 is 57.6 Å². The average Bonchev–Trinajstić information content (AvgIpc) is 3.46. The lowest BCUT2D eigenvalue weighted by Gasteiger charge is -2.12. The fourth-order valence-electron chi connectivity index (χ4n) is 3.77. The summed E-state index contributed by atoms with van der Waals surface area (Å²) >= 11 is 17.3. The minimum Gasteiger partial charge on any atom is -1.00 e. The maximum absolute atomic E-state index is 13.4. The monoisotopic (exact) mass is 567 g/mol. The van der Waals surface area contributed by atoms with Crippen LogP contribution in [-0.2, 0) is 13.1 Å². The smallest absolute Gasteiger partial charge is 0.271 e. The third-order valence-electron chi connectivity index (χ3n) is 5.48. The van der Waals surface area contributed by atoms with Crippen molar-refractivity contribution in [2.45, 2.75) is 24.9 Å². The van der Waals surface area contributed by atoms with Gasteiger partial charge < -0.3 is 17.3 Å². The van der Waals surface area contributed by atoms with Crippen molar-refractivity contribution in [2.75, 3.05) is 11.9 Å². The molecule has 0 saturated carbocycles. The number of anilines is 1. The topological polar surface area (TPSA) is 29.1 Å². The molecule has 0 aliphatic carbocycles. The van der Waals surface area contributed by atoms with Gasteiger partial charge in [-0.2, -0.15) is 4.57 Å². The van der Waals surface area contributed by atoms with Crippen molar-refractivity contribution < 1.29 is 17.0 Å². The number of nitrogens with zero attached hydrogens (tertiary/aromatic N) is 3. The predicted octanol–water partition coefficient (Wildman–Crippen LogP) is 1.77. The Morgan fingerprint density at radius 1 is 1.15 bits per heavy atom. The lowest BCUT2D eigenvalue weighted by Crippen LogP contribution is -3.00. The second-order valence-corrected chi connectivity index (χ2v) is 11.3. The molecule has 4 aromatic rings. The zero-order chi connectivity index (χ0) is 23.1. The minimum atomic E-state index is 0. The highest BCUT2D eigenvalue weighted by molar-refractivity contribution is 8.08. The summed E-state index contributed by atoms with van der Waals surface area (Å²) in [4.78, 5) is 16.5. The molecular formula is C24H20Cl3N3OS3. The van der Waals surface area contributed by atoms with Gasteiger partial charge >= 0.3 is 0 Å². The van der Waals surface area contributed by atoms with Crippen LogP contribution in [0.3, 0.4) is 0 Å². The summed E-state index contributed by atoms with van der Waals surface area (Å²) in [6.07, 6.45) is 4.16. The molecule has 4 nitrogen and oxygen atoms in total. The number of aromatic nitrogens is 2. The Kier molecular flexibility index (Phi) is 7.82. The quantitative estimate of drug-likeness (QED) is 0.352. The maximum Gasteiger partial charge on any atom is 0.271 e. The molecule has 5 rings (SSSR count). The number of thioether (sulfide) groups is 1. The van der Waals surface area contributed by atoms with E-state index in [0.29, 0.717) is 18.1 Å². The molecule has 0 N–H and O–H groups in total. The Labute approximate surface area is 225 Å². The van der Waals surface area contributed by atoms with E-state index in [4.69, 9.17) is 23.2 Å². The average molecular weight is 569 g/mol. The van der Waals surface area contributed by atoms with Crippen molar-refractivity contribution in [3.8, 4) is 0 Å². The SMILES string of the molecule is CCn1c(=O)/c(=C2\Sc3cc(Cl)ccc3N2C)s/c1=C\c1scc[n+]1Cc1ccccc1Cl.[Cl-]. The van der Waals surface area contributed by atoms with Crippen molar-refractivity contribution in [3.63, 3.8) is 0 Å². The van der Waals surface area contributed by atoms with Crippen molar-refractivity contribution in [2.24, 2.45) is 0 Å². The fourth-order valence-corrected chi connectivity index (χ4v) is 7.56. The van der Waals surface area contributed by atoms with E-state index in [1.54, 1.807) is 23.1 Å². The first-order chi connectivity index (χ1) is 16.0. The van der Waals surface area contributed by atoms with Crippen LogP contribution < -0.4 is 36.6 Å². The Balaban J connectivity index is 0.00000274. The van der Waals surface area contributed by atoms with Crippen LogP contribution in [0.2, 0.25) is 10.0 Å². The zero-order valence-corrected chi connectivity index (χ0v) is 23.0. The van der Waals surface area contributed by atoms with Gasteiger partial charge in [0.15, 0.2) is 12.7 Å². The fraction of sp³-hybridized carbons (Fsp3) is 0.167. The molecule has 0 atom stereocenters. The zero-order valence-electron chi connectivity index (χ0n) is 18.3. The number of benzene rings is 2. The first-order valence-corrected chi connectivity index (χ1v) is 13.6. The van der Waals surface area contributed by atoms with Gasteiger partial charge in [-0.05, 0) is 31.2 Å². The van der Waals surface area contributed by atoms with E-state index < -0.39 is 0 Å². The second kappa shape index (κ2) is 10.5. The third-order valence-corrected chi connectivity index (χ3v) is 9.40. The van der Waals surface area contributed by atoms with Crippen LogP contribution in [0.4, 0.5) is 5.69 Å². The van der Waals surface area contributed by atoms with Crippen molar-refractivity contribution in [3.05, 3.63) is 94.2 Å². The Hall–Kier alpha value is -1.74. The molecule has 2 aromatic carbocycles. The largest absolute Gasteiger partial charge is 1.00 e. The van der Waals surface area contributed by atoms with E-state index in [1.165, 1.54) is 11.3 Å². The molecule has 0 unspecified atom stereocenters. The maximum atomic E-state index is 13.4. The summed E-state index contributed by atoms with van der Waals surface area (Å²) in [5.41, 5.74) is 2.17. The lowest BCUT2D eigenvalue weighted by atomic mass is 10.2. The van der Waals surface area contributed by atoms with E-state index in [0.717, 1.165) is 40.4 Å². The number of rotatable bonds is 4. The summed E-state index contributed by atoms with van der Waals surface area (Å²) in [5.74, 6) is 0. The first kappa shape index (κ1) is 25.4. The molecule has 0 fully saturated rings. The summed E-state index contributed by atoms with van der Waals surface area (Å²) in [6.45, 7) is 3.29. The van der Waals surface area contributed by atoms with Gasteiger partial charge in [0.1, 0.15) is 14.2 Å². The Morgan fingerprint density at radius 2 is 1.94 bits per heavy atom. The molecule has 0 bridgehead atoms. The van der Waals surface area contributed by atoms with Gasteiger partial charge in [-0.1, -0.05) is 64.5 Å². The number of hydrogen-bond acceptors (Lipinski definition) is 5. The number of halogens is 3. The van der Waals surface area contributed by atoms with Gasteiger partial charge in [-0.15, -0.1) is 11.3 Å². The second-order valence-electron chi connectivity index (χ2n) is 7.50. The number of hydrogen-bond donors (Lipinski definition) is 0. The van der Waals surface area contributed by atoms with Crippen LogP contribution in [-0.4, -0.2) is 11.6 Å². The summed E-state index contributed by atoms with van der Waals surface area (Å²) in [5, 5.41) is 5.52. The summed E-state index contributed by atoms with van der Waals surface area (Å²) in [7, 11) is 2.00. The van der Waals surface area contributed by atoms with Crippen LogP contribution in [0.5, 0.6) is 0 Å². The molecule has 10 heteroatoms. The van der Waals surface area contributed by atoms with Gasteiger partial charge in [-0.3, -0.25) is 9.36 Å². The standard InChI is InChI=1S/C24H20Cl2N3OS3.ClH/c1-3-29-21(13-20-28(10-11-31-20)14-15-6-4-5-7-17(15)26)33-22(23(29)30)24-27(2)18-9-8-16(25)12-19(18)32-24;/h4-13H,3,14H2,1-2H3;1H/q+1;/p-1/b24-22+;. The van der Waals surface area contributed by atoms with Crippen molar-refractivity contribution >= 4 is 74.4 Å². The van der Waals surface area contributed by atoms with Crippen molar-refractivity contribution in [1.29, 1.82) is 0 Å². The van der Waals surface area contributed by atoms with E-state index in [1.807, 2.05) is 61.0 Å². The van der Waals surface area contributed by atoms with Crippen molar-refractivity contribution in [1.82, 2.24) is 4.57 Å². The predicted molar refractivity (Wildman–Crippen MR) is 141 cm³/mol. The van der Waals surface area contributed by atoms with Gasteiger partial charge in [0, 0.05) is 29.1 Å². The van der Waals surface area contributed by atoms with Gasteiger partial charge in [0.25, 0.3) is 10.6 Å². The molecule has 2 aromatic heterocycles. The highest BCUT2D eigenvalue weighted by atomic mass is 35.5. The van der Waals surface area contributed by atoms with E-state index in [2.05, 4.69) is 27.1 Å². The molecule has 0 saturated heterocycles. The molecule has 3 heterocycles. The Morgan fingerprint density at radius 3 is 2.71 bits per heavy atom. The molecule has 1 aliphatic heterocycles. The number of fused-ring (bicyclic) bond motifs is 1. The molecule has 0 amide bonds. The van der Waals surface area contributed by atoms with Gasteiger partial charge in [0.05, 0.1) is 22.2 Å². The van der Waals surface area contributed by atoms with Gasteiger partial charge in [-0.25, -0.2) is 0 Å². The highest BCUT2D eigenvalue weighted by Gasteiger charge is 2.25. The number of thiazole rings is 2. The van der Waals surface area contributed by atoms with Crippen LogP contribution in [0.25, 0.3) is 11.1 Å². The van der Waals surface area contributed by atoms with Crippen LogP contribution in [0, 0.1) is 0 Å². The molecule has 0 spiro atoms. The molecule has 0 radical (unpaired) electrons. The normalized spacial score (nSPS) is 14.9. The van der Waals surface area contributed by atoms with E-state index >= 15 is 0 Å². The Bertz CT molecular complexity index is 1540. The van der Waals surface area contributed by atoms with Crippen LogP contribution in [0.15, 0.2) is 63.7 Å². The minimum absolute atomic E-state index is 0. The lowest BCUT2D eigenvalue weighted by molar-refractivity contribution is -0.685.